The predicted molar refractivity (Wildman–Crippen MR) is 106 cm³/mol. The third-order valence-corrected chi connectivity index (χ3v) is 6.43. The molecular weight excluding hydrogens is 366 g/mol. The quantitative estimate of drug-likeness (QED) is 0.679. The lowest BCUT2D eigenvalue weighted by Gasteiger charge is -2.16. The van der Waals surface area contributed by atoms with Gasteiger partial charge < -0.3 is 5.32 Å². The molecule has 1 saturated carbocycles. The number of nitrogens with one attached hydrogen (secondary N) is 1. The van der Waals surface area contributed by atoms with Gasteiger partial charge in [-0.05, 0) is 18.4 Å². The molecule has 0 bridgehead atoms. The van der Waals surface area contributed by atoms with Gasteiger partial charge in [0, 0.05) is 35.4 Å². The predicted octanol–water partition coefficient (Wildman–Crippen LogP) is 2.84. The van der Waals surface area contributed by atoms with Gasteiger partial charge in [0.2, 0.25) is 5.91 Å². The maximum Gasteiger partial charge on any atom is 0.258 e. The zero-order valence-corrected chi connectivity index (χ0v) is 15.8. The van der Waals surface area contributed by atoms with E-state index in [0.29, 0.717) is 23.0 Å². The molecule has 26 heavy (non-hydrogen) atoms. The Labute approximate surface area is 159 Å². The standard InChI is InChI=1S/C19H19N3O2S2/c23-16(20-13-19(6-7-19)14-4-2-1-3-5-14)12-25-11-15-10-17(24)22-8-9-26-18(22)21-15/h1-5,8-10H,6-7,11-13H2,(H,20,23). The van der Waals surface area contributed by atoms with Crippen molar-refractivity contribution in [3.8, 4) is 0 Å². The van der Waals surface area contributed by atoms with Crippen molar-refractivity contribution in [3.05, 3.63) is 69.6 Å². The highest BCUT2D eigenvalue weighted by atomic mass is 32.2. The highest BCUT2D eigenvalue weighted by Crippen LogP contribution is 2.47. The Morgan fingerprint density at radius 1 is 1.31 bits per heavy atom. The van der Waals surface area contributed by atoms with Crippen LogP contribution >= 0.6 is 23.1 Å². The smallest absolute Gasteiger partial charge is 0.258 e. The number of thiazole rings is 1. The molecule has 0 spiro atoms. The van der Waals surface area contributed by atoms with Gasteiger partial charge in [-0.15, -0.1) is 23.1 Å². The number of aromatic nitrogens is 2. The first-order chi connectivity index (χ1) is 12.7. The molecule has 0 saturated heterocycles. The molecule has 7 heteroatoms. The van der Waals surface area contributed by atoms with E-state index in [1.165, 1.54) is 33.1 Å². The van der Waals surface area contributed by atoms with Crippen molar-refractivity contribution in [2.45, 2.75) is 24.0 Å². The summed E-state index contributed by atoms with van der Waals surface area (Å²) >= 11 is 2.92. The summed E-state index contributed by atoms with van der Waals surface area (Å²) in [6, 6.07) is 11.9. The van der Waals surface area contributed by atoms with Crippen molar-refractivity contribution in [2.24, 2.45) is 0 Å². The average Bonchev–Trinajstić information content (AvgIpc) is 3.30. The number of thioether (sulfide) groups is 1. The molecule has 1 aliphatic carbocycles. The summed E-state index contributed by atoms with van der Waals surface area (Å²) < 4.78 is 1.53. The first kappa shape index (κ1) is 17.3. The molecule has 0 radical (unpaired) electrons. The van der Waals surface area contributed by atoms with E-state index in [1.54, 1.807) is 12.3 Å². The van der Waals surface area contributed by atoms with Crippen LogP contribution in [0.4, 0.5) is 0 Å². The molecule has 1 amide bonds. The largest absolute Gasteiger partial charge is 0.354 e. The van der Waals surface area contributed by atoms with Gasteiger partial charge in [-0.3, -0.25) is 14.0 Å². The van der Waals surface area contributed by atoms with Crippen molar-refractivity contribution in [3.63, 3.8) is 0 Å². The molecule has 5 nitrogen and oxygen atoms in total. The summed E-state index contributed by atoms with van der Waals surface area (Å²) in [4.78, 5) is 29.3. The molecular formula is C19H19N3O2S2. The van der Waals surface area contributed by atoms with Gasteiger partial charge in [0.1, 0.15) is 0 Å². The lowest BCUT2D eigenvalue weighted by molar-refractivity contribution is -0.118. The van der Waals surface area contributed by atoms with E-state index in [-0.39, 0.29) is 16.9 Å². The third kappa shape index (κ3) is 3.68. The molecule has 1 fully saturated rings. The Morgan fingerprint density at radius 2 is 2.12 bits per heavy atom. The molecule has 0 unspecified atom stereocenters. The minimum Gasteiger partial charge on any atom is -0.354 e. The SMILES string of the molecule is O=C(CSCc1cc(=O)n2ccsc2n1)NCC1(c2ccccc2)CC1. The van der Waals surface area contributed by atoms with Gasteiger partial charge in [0.15, 0.2) is 4.96 Å². The van der Waals surface area contributed by atoms with E-state index in [4.69, 9.17) is 0 Å². The molecule has 1 aliphatic rings. The van der Waals surface area contributed by atoms with Crippen molar-refractivity contribution in [1.29, 1.82) is 0 Å². The summed E-state index contributed by atoms with van der Waals surface area (Å²) in [6.07, 6.45) is 3.97. The van der Waals surface area contributed by atoms with Gasteiger partial charge in [0.25, 0.3) is 5.56 Å². The number of nitrogens with zero attached hydrogens (tertiary/aromatic N) is 2. The van der Waals surface area contributed by atoms with Crippen LogP contribution in [0.1, 0.15) is 24.1 Å². The second-order valence-electron chi connectivity index (χ2n) is 6.56. The highest BCUT2D eigenvalue weighted by molar-refractivity contribution is 7.99. The number of carbonyl (C=O) groups is 1. The van der Waals surface area contributed by atoms with Gasteiger partial charge in [-0.25, -0.2) is 4.98 Å². The first-order valence-electron chi connectivity index (χ1n) is 8.52. The number of rotatable bonds is 7. The van der Waals surface area contributed by atoms with Crippen LogP contribution in [-0.4, -0.2) is 27.6 Å². The normalized spacial score (nSPS) is 15.1. The van der Waals surface area contributed by atoms with Gasteiger partial charge >= 0.3 is 0 Å². The van der Waals surface area contributed by atoms with Crippen LogP contribution in [0.3, 0.4) is 0 Å². The van der Waals surface area contributed by atoms with Crippen molar-refractivity contribution in [2.75, 3.05) is 12.3 Å². The molecule has 4 rings (SSSR count). The van der Waals surface area contributed by atoms with Gasteiger partial charge in [0.05, 0.1) is 11.4 Å². The monoisotopic (exact) mass is 385 g/mol. The number of hydrogen-bond donors (Lipinski definition) is 1. The fourth-order valence-electron chi connectivity index (χ4n) is 3.04. The first-order valence-corrected chi connectivity index (χ1v) is 10.6. The molecule has 2 aromatic heterocycles. The van der Waals surface area contributed by atoms with E-state index >= 15 is 0 Å². The Balaban J connectivity index is 1.27. The maximum absolute atomic E-state index is 12.2. The van der Waals surface area contributed by atoms with E-state index in [1.807, 2.05) is 23.6 Å². The van der Waals surface area contributed by atoms with Crippen molar-refractivity contribution < 1.29 is 4.79 Å². The number of amides is 1. The maximum atomic E-state index is 12.2. The molecule has 3 aromatic rings. The molecule has 2 heterocycles. The summed E-state index contributed by atoms with van der Waals surface area (Å²) in [5.74, 6) is 0.961. The average molecular weight is 386 g/mol. The van der Waals surface area contributed by atoms with Crippen LogP contribution in [0.25, 0.3) is 4.96 Å². The number of fused-ring (bicyclic) bond motifs is 1. The Hall–Kier alpha value is -2.12. The minimum atomic E-state index is -0.0742. The van der Waals surface area contributed by atoms with Crippen molar-refractivity contribution in [1.82, 2.24) is 14.7 Å². The minimum absolute atomic E-state index is 0.0335. The number of hydrogen-bond acceptors (Lipinski definition) is 5. The van der Waals surface area contributed by atoms with E-state index in [9.17, 15) is 9.59 Å². The topological polar surface area (TPSA) is 63.5 Å². The van der Waals surface area contributed by atoms with Gasteiger partial charge in [-0.2, -0.15) is 0 Å². The second kappa shape index (κ2) is 7.25. The lowest BCUT2D eigenvalue weighted by Crippen LogP contribution is -2.33. The van der Waals surface area contributed by atoms with Crippen LogP contribution in [0, 0.1) is 0 Å². The molecule has 1 aromatic carbocycles. The summed E-state index contributed by atoms with van der Waals surface area (Å²) in [5.41, 5.74) is 2.08. The zero-order chi connectivity index (χ0) is 18.0. The summed E-state index contributed by atoms with van der Waals surface area (Å²) in [7, 11) is 0. The Kier molecular flexibility index (Phi) is 4.82. The van der Waals surface area contributed by atoms with E-state index in [0.717, 1.165) is 18.5 Å². The molecule has 0 aliphatic heterocycles. The van der Waals surface area contributed by atoms with Gasteiger partial charge in [-0.1, -0.05) is 30.3 Å². The van der Waals surface area contributed by atoms with Crippen LogP contribution in [0.5, 0.6) is 0 Å². The molecule has 1 N–H and O–H groups in total. The Bertz CT molecular complexity index is 977. The Morgan fingerprint density at radius 3 is 2.88 bits per heavy atom. The number of benzene rings is 1. The molecule has 0 atom stereocenters. The second-order valence-corrected chi connectivity index (χ2v) is 8.42. The van der Waals surface area contributed by atoms with E-state index < -0.39 is 0 Å². The third-order valence-electron chi connectivity index (χ3n) is 4.70. The lowest BCUT2D eigenvalue weighted by atomic mass is 9.96. The van der Waals surface area contributed by atoms with Crippen LogP contribution in [0.2, 0.25) is 0 Å². The van der Waals surface area contributed by atoms with Crippen molar-refractivity contribution >= 4 is 34.0 Å². The fourth-order valence-corrected chi connectivity index (χ4v) is 4.52. The van der Waals surface area contributed by atoms with Crippen LogP contribution in [-0.2, 0) is 16.0 Å². The summed E-state index contributed by atoms with van der Waals surface area (Å²) in [5, 5.41) is 4.90. The molecule has 134 valence electrons. The zero-order valence-electron chi connectivity index (χ0n) is 14.2. The van der Waals surface area contributed by atoms with Crippen LogP contribution in [0.15, 0.2) is 52.8 Å². The summed E-state index contributed by atoms with van der Waals surface area (Å²) in [6.45, 7) is 0.692. The van der Waals surface area contributed by atoms with E-state index in [2.05, 4.69) is 22.4 Å². The van der Waals surface area contributed by atoms with Crippen LogP contribution < -0.4 is 10.9 Å². The fraction of sp³-hybridized carbons (Fsp3) is 0.316. The highest BCUT2D eigenvalue weighted by Gasteiger charge is 2.44. The number of carbonyl (C=O) groups excluding carboxylic acids is 1.